The average molecular weight is 348 g/mol. The summed E-state index contributed by atoms with van der Waals surface area (Å²) >= 11 is 2.17. The van der Waals surface area contributed by atoms with E-state index in [-0.39, 0.29) is 17.0 Å². The van der Waals surface area contributed by atoms with Crippen molar-refractivity contribution in [2.75, 3.05) is 13.2 Å². The van der Waals surface area contributed by atoms with Gasteiger partial charge in [-0.1, -0.05) is 13.0 Å². The highest BCUT2D eigenvalue weighted by molar-refractivity contribution is 14.1. The van der Waals surface area contributed by atoms with Gasteiger partial charge in [0.05, 0.1) is 16.8 Å². The number of carbonyl (C=O) groups is 1. The van der Waals surface area contributed by atoms with Gasteiger partial charge in [-0.15, -0.1) is 0 Å². The van der Waals surface area contributed by atoms with Crippen molar-refractivity contribution in [3.8, 4) is 0 Å². The number of hydrogen-bond acceptors (Lipinski definition) is 3. The Morgan fingerprint density at radius 2 is 2.06 bits per heavy atom. The third-order valence-electron chi connectivity index (χ3n) is 4.50. The van der Waals surface area contributed by atoms with Crippen molar-refractivity contribution < 1.29 is 14.3 Å². The molecule has 3 aliphatic rings. The van der Waals surface area contributed by atoms with E-state index in [0.717, 1.165) is 22.8 Å². The van der Waals surface area contributed by atoms with E-state index in [1.807, 2.05) is 0 Å². The molecule has 0 aromatic rings. The molecule has 3 rings (SSSR count). The topological polar surface area (TPSA) is 35.5 Å². The Morgan fingerprint density at radius 3 is 2.76 bits per heavy atom. The van der Waals surface area contributed by atoms with E-state index in [2.05, 4.69) is 35.6 Å². The lowest BCUT2D eigenvalue weighted by Gasteiger charge is -2.48. The lowest BCUT2D eigenvalue weighted by atomic mass is 9.62. The molecule has 1 aliphatic heterocycles. The number of allylic oxidation sites excluding steroid dienone is 2. The molecule has 1 saturated carbocycles. The van der Waals surface area contributed by atoms with E-state index in [4.69, 9.17) is 9.47 Å². The predicted octanol–water partition coefficient (Wildman–Crippen LogP) is 2.83. The number of ether oxygens (including phenoxy) is 2. The van der Waals surface area contributed by atoms with E-state index in [9.17, 15) is 4.79 Å². The molecule has 2 atom stereocenters. The number of hydrogen-bond donors (Lipinski definition) is 0. The molecule has 0 aromatic heterocycles. The van der Waals surface area contributed by atoms with E-state index in [1.165, 1.54) is 0 Å². The molecular weight excluding hydrogens is 331 g/mol. The van der Waals surface area contributed by atoms with Gasteiger partial charge in [-0.3, -0.25) is 4.79 Å². The highest BCUT2D eigenvalue weighted by atomic mass is 127. The van der Waals surface area contributed by atoms with Gasteiger partial charge in [0.2, 0.25) is 0 Å². The van der Waals surface area contributed by atoms with Crippen LogP contribution in [0.25, 0.3) is 0 Å². The van der Waals surface area contributed by atoms with Crippen molar-refractivity contribution in [3.63, 3.8) is 0 Å². The fourth-order valence-corrected chi connectivity index (χ4v) is 4.25. The molecule has 0 aromatic carbocycles. The van der Waals surface area contributed by atoms with Crippen molar-refractivity contribution in [3.05, 3.63) is 9.66 Å². The van der Waals surface area contributed by atoms with Gasteiger partial charge in [0.25, 0.3) is 0 Å². The maximum Gasteiger partial charge on any atom is 0.168 e. The van der Waals surface area contributed by atoms with Crippen LogP contribution in [0.2, 0.25) is 0 Å². The summed E-state index contributed by atoms with van der Waals surface area (Å²) in [6, 6.07) is 0. The molecular formula is C13H17IO3. The first-order valence-electron chi connectivity index (χ1n) is 6.23. The summed E-state index contributed by atoms with van der Waals surface area (Å²) in [4.78, 5) is 11.8. The minimum Gasteiger partial charge on any atom is -0.348 e. The molecule has 94 valence electrons. The molecule has 17 heavy (non-hydrogen) atoms. The highest BCUT2D eigenvalue weighted by Gasteiger charge is 2.51. The van der Waals surface area contributed by atoms with Crippen molar-refractivity contribution in [1.29, 1.82) is 0 Å². The molecule has 1 saturated heterocycles. The van der Waals surface area contributed by atoms with Crippen LogP contribution < -0.4 is 0 Å². The summed E-state index contributed by atoms with van der Waals surface area (Å²) in [5.41, 5.74) is 0.158. The predicted molar refractivity (Wildman–Crippen MR) is 71.8 cm³/mol. The number of carbonyl (C=O) groups excluding carboxylic acids is 1. The van der Waals surface area contributed by atoms with Gasteiger partial charge in [-0.25, -0.2) is 0 Å². The molecule has 3 nitrogen and oxygen atoms in total. The molecule has 2 fully saturated rings. The zero-order valence-corrected chi connectivity index (χ0v) is 12.2. The maximum absolute atomic E-state index is 11.8. The molecule has 2 aliphatic carbocycles. The third-order valence-corrected chi connectivity index (χ3v) is 5.42. The Labute approximate surface area is 115 Å². The van der Waals surface area contributed by atoms with Gasteiger partial charge in [-0.2, -0.15) is 0 Å². The van der Waals surface area contributed by atoms with E-state index in [0.29, 0.717) is 25.6 Å². The van der Waals surface area contributed by atoms with Crippen molar-refractivity contribution >= 4 is 28.4 Å². The summed E-state index contributed by atoms with van der Waals surface area (Å²) in [6.45, 7) is 3.67. The lowest BCUT2D eigenvalue weighted by molar-refractivity contribution is -0.202. The van der Waals surface area contributed by atoms with Crippen LogP contribution in [0.15, 0.2) is 9.66 Å². The second-order valence-corrected chi connectivity index (χ2v) is 6.80. The largest absolute Gasteiger partial charge is 0.348 e. The minimum atomic E-state index is -0.374. The van der Waals surface area contributed by atoms with Crippen LogP contribution in [0.4, 0.5) is 0 Å². The minimum absolute atomic E-state index is 0.158. The summed E-state index contributed by atoms with van der Waals surface area (Å²) in [5, 5.41) is 0. The monoisotopic (exact) mass is 348 g/mol. The van der Waals surface area contributed by atoms with Crippen molar-refractivity contribution in [2.45, 2.75) is 38.4 Å². The summed E-state index contributed by atoms with van der Waals surface area (Å²) < 4.78 is 12.5. The summed E-state index contributed by atoms with van der Waals surface area (Å²) in [7, 11) is 0. The smallest absolute Gasteiger partial charge is 0.168 e. The van der Waals surface area contributed by atoms with Crippen LogP contribution in [0.1, 0.15) is 32.6 Å². The van der Waals surface area contributed by atoms with E-state index >= 15 is 0 Å². The van der Waals surface area contributed by atoms with Gasteiger partial charge in [0, 0.05) is 19.3 Å². The third kappa shape index (κ3) is 1.98. The molecule has 1 spiro atoms. The maximum atomic E-state index is 11.8. The molecule has 1 heterocycles. The fraction of sp³-hybridized carbons (Fsp3) is 0.769. The second kappa shape index (κ2) is 4.03. The lowest BCUT2D eigenvalue weighted by Crippen LogP contribution is -2.46. The Bertz CT molecular complexity index is 384. The van der Waals surface area contributed by atoms with Gasteiger partial charge in [0.15, 0.2) is 11.6 Å². The number of ketones is 1. The number of Topliss-reactive ketones (excluding diaryl/α,β-unsaturated/α-hetero) is 1. The first-order valence-corrected chi connectivity index (χ1v) is 7.30. The quantitative estimate of drug-likeness (QED) is 0.632. The molecule has 4 heteroatoms. The number of rotatable bonds is 0. The fourth-order valence-electron chi connectivity index (χ4n) is 3.32. The highest BCUT2D eigenvalue weighted by Crippen LogP contribution is 2.53. The van der Waals surface area contributed by atoms with Gasteiger partial charge >= 0.3 is 0 Å². The van der Waals surface area contributed by atoms with E-state index in [1.54, 1.807) is 0 Å². The SMILES string of the molecule is C[C@@]12C=C(I)C(=O)C[C@@H]1CC1(CC2)OCCO1. The first kappa shape index (κ1) is 12.1. The van der Waals surface area contributed by atoms with Crippen molar-refractivity contribution in [1.82, 2.24) is 0 Å². The Hall–Kier alpha value is 0.0600. The standard InChI is InChI=1S/C13H17IO3/c1-12-2-3-13(16-4-5-17-13)7-9(12)6-11(15)10(14)8-12/h8-9H,2-7H2,1H3/t9-,12-/m1/s1. The number of halogens is 1. The van der Waals surface area contributed by atoms with Gasteiger partial charge < -0.3 is 9.47 Å². The molecule has 0 amide bonds. The van der Waals surface area contributed by atoms with Crippen LogP contribution in [0.5, 0.6) is 0 Å². The number of fused-ring (bicyclic) bond motifs is 1. The van der Waals surface area contributed by atoms with Crippen molar-refractivity contribution in [2.24, 2.45) is 11.3 Å². The molecule has 0 unspecified atom stereocenters. The first-order chi connectivity index (χ1) is 8.03. The Morgan fingerprint density at radius 1 is 1.35 bits per heavy atom. The molecule has 0 bridgehead atoms. The van der Waals surface area contributed by atoms with Gasteiger partial charge in [0.1, 0.15) is 0 Å². The van der Waals surface area contributed by atoms with Crippen LogP contribution in [-0.2, 0) is 14.3 Å². The summed E-state index contributed by atoms with van der Waals surface area (Å²) in [5.74, 6) is 0.282. The second-order valence-electron chi connectivity index (χ2n) is 5.63. The zero-order valence-electron chi connectivity index (χ0n) is 10.0. The van der Waals surface area contributed by atoms with Crippen LogP contribution in [0, 0.1) is 11.3 Å². The van der Waals surface area contributed by atoms with E-state index < -0.39 is 0 Å². The van der Waals surface area contributed by atoms with Crippen LogP contribution in [-0.4, -0.2) is 24.8 Å². The summed E-state index contributed by atoms with van der Waals surface area (Å²) in [6.07, 6.45) is 5.70. The average Bonchev–Trinajstić information content (AvgIpc) is 2.72. The van der Waals surface area contributed by atoms with Gasteiger partial charge in [-0.05, 0) is 40.3 Å². The normalized spacial score (nSPS) is 40.2. The Kier molecular flexibility index (Phi) is 2.87. The zero-order chi connectivity index (χ0) is 12.1. The van der Waals surface area contributed by atoms with Crippen LogP contribution >= 0.6 is 22.6 Å². The Balaban J connectivity index is 1.87. The molecule has 0 radical (unpaired) electrons. The molecule has 0 N–H and O–H groups in total. The van der Waals surface area contributed by atoms with Crippen LogP contribution in [0.3, 0.4) is 0 Å².